The van der Waals surface area contributed by atoms with Crippen LogP contribution in [0.25, 0.3) is 0 Å². The first-order valence-corrected chi connectivity index (χ1v) is 5.80. The number of hydrogen-bond acceptors (Lipinski definition) is 3. The van der Waals surface area contributed by atoms with Gasteiger partial charge in [-0.3, -0.25) is 4.79 Å². The van der Waals surface area contributed by atoms with E-state index < -0.39 is 6.10 Å². The molecule has 0 fully saturated rings. The average Bonchev–Trinajstić information content (AvgIpc) is 2.26. The first-order valence-electron chi connectivity index (χ1n) is 5.80. The van der Waals surface area contributed by atoms with Crippen LogP contribution in [0.2, 0.25) is 0 Å². The van der Waals surface area contributed by atoms with E-state index in [1.54, 1.807) is 13.0 Å². The average molecular weight is 237 g/mol. The number of aryl methyl sites for hydroxylation is 1. The molecule has 0 aliphatic rings. The van der Waals surface area contributed by atoms with E-state index in [1.807, 2.05) is 6.92 Å². The minimum Gasteiger partial charge on any atom is -0.508 e. The molecule has 4 heteroatoms. The molecule has 0 aliphatic heterocycles. The van der Waals surface area contributed by atoms with Crippen LogP contribution in [0.3, 0.4) is 0 Å². The van der Waals surface area contributed by atoms with Gasteiger partial charge in [0.15, 0.2) is 0 Å². The minimum absolute atomic E-state index is 0.144. The largest absolute Gasteiger partial charge is 0.508 e. The number of phenols is 1. The molecule has 3 N–H and O–H groups in total. The lowest BCUT2D eigenvalue weighted by Gasteiger charge is -2.11. The van der Waals surface area contributed by atoms with Crippen LogP contribution in [0.4, 0.5) is 0 Å². The van der Waals surface area contributed by atoms with Crippen molar-refractivity contribution >= 4 is 5.91 Å². The molecule has 1 atom stereocenters. The van der Waals surface area contributed by atoms with Gasteiger partial charge in [0.25, 0.3) is 5.91 Å². The van der Waals surface area contributed by atoms with Crippen molar-refractivity contribution in [3.63, 3.8) is 0 Å². The van der Waals surface area contributed by atoms with Gasteiger partial charge in [-0.05, 0) is 37.1 Å². The Labute approximate surface area is 101 Å². The summed E-state index contributed by atoms with van der Waals surface area (Å²) in [6.45, 7) is 4.00. The fraction of sp³-hybridized carbons (Fsp3) is 0.462. The number of aliphatic hydroxyl groups excluding tert-OH is 1. The monoisotopic (exact) mass is 237 g/mol. The Morgan fingerprint density at radius 3 is 2.76 bits per heavy atom. The first kappa shape index (κ1) is 13.5. The zero-order valence-corrected chi connectivity index (χ0v) is 10.2. The van der Waals surface area contributed by atoms with Crippen molar-refractivity contribution < 1.29 is 15.0 Å². The van der Waals surface area contributed by atoms with Gasteiger partial charge in [0, 0.05) is 12.1 Å². The number of rotatable bonds is 5. The van der Waals surface area contributed by atoms with E-state index >= 15 is 0 Å². The van der Waals surface area contributed by atoms with Crippen LogP contribution >= 0.6 is 0 Å². The Morgan fingerprint density at radius 2 is 2.18 bits per heavy atom. The first-order chi connectivity index (χ1) is 8.04. The molecule has 94 valence electrons. The summed E-state index contributed by atoms with van der Waals surface area (Å²) in [5.41, 5.74) is 1.24. The van der Waals surface area contributed by atoms with Gasteiger partial charge in [0.2, 0.25) is 0 Å². The highest BCUT2D eigenvalue weighted by Crippen LogP contribution is 2.15. The predicted octanol–water partition coefficient (Wildman–Crippen LogP) is 1.59. The molecule has 0 spiro atoms. The molecular formula is C13H19NO3. The summed E-state index contributed by atoms with van der Waals surface area (Å²) in [7, 11) is 0. The molecule has 0 saturated carbocycles. The van der Waals surface area contributed by atoms with Gasteiger partial charge in [0.1, 0.15) is 5.75 Å². The lowest BCUT2D eigenvalue weighted by Crippen LogP contribution is -2.32. The molecule has 1 aromatic carbocycles. The fourth-order valence-electron chi connectivity index (χ4n) is 1.64. The topological polar surface area (TPSA) is 69.6 Å². The number of benzene rings is 1. The summed E-state index contributed by atoms with van der Waals surface area (Å²) in [5.74, 6) is -0.0808. The van der Waals surface area contributed by atoms with Gasteiger partial charge in [-0.2, -0.15) is 0 Å². The van der Waals surface area contributed by atoms with Gasteiger partial charge in [0.05, 0.1) is 6.10 Å². The molecule has 0 radical (unpaired) electrons. The Balaban J connectivity index is 2.58. The molecular weight excluding hydrogens is 218 g/mol. The zero-order valence-electron chi connectivity index (χ0n) is 10.2. The number of hydrogen-bond donors (Lipinski definition) is 3. The molecule has 1 amide bonds. The van der Waals surface area contributed by atoms with Gasteiger partial charge >= 0.3 is 0 Å². The van der Waals surface area contributed by atoms with Crippen LogP contribution in [0.1, 0.15) is 35.7 Å². The second-order valence-electron chi connectivity index (χ2n) is 4.15. The Bertz CT molecular complexity index is 390. The third-order valence-corrected chi connectivity index (χ3v) is 2.57. The second-order valence-corrected chi connectivity index (χ2v) is 4.15. The van der Waals surface area contributed by atoms with E-state index in [1.165, 1.54) is 12.1 Å². The molecule has 0 bridgehead atoms. The van der Waals surface area contributed by atoms with Gasteiger partial charge in [-0.25, -0.2) is 0 Å². The molecule has 1 aromatic rings. The van der Waals surface area contributed by atoms with Crippen molar-refractivity contribution in [2.24, 2.45) is 0 Å². The van der Waals surface area contributed by atoms with Crippen LogP contribution in [0, 0.1) is 6.92 Å². The van der Waals surface area contributed by atoms with Crippen molar-refractivity contribution in [2.45, 2.75) is 32.8 Å². The summed E-state index contributed by atoms with van der Waals surface area (Å²) >= 11 is 0. The maximum atomic E-state index is 11.8. The Kier molecular flexibility index (Phi) is 4.97. The molecule has 0 heterocycles. The SMILES string of the molecule is CCCC(O)CNC(=O)c1ccc(O)cc1C. The molecule has 4 nitrogen and oxygen atoms in total. The smallest absolute Gasteiger partial charge is 0.251 e. The van der Waals surface area contributed by atoms with E-state index in [9.17, 15) is 15.0 Å². The number of aliphatic hydroxyl groups is 1. The zero-order chi connectivity index (χ0) is 12.8. The highest BCUT2D eigenvalue weighted by atomic mass is 16.3. The Hall–Kier alpha value is -1.55. The summed E-state index contributed by atoms with van der Waals surface area (Å²) < 4.78 is 0. The highest BCUT2D eigenvalue weighted by molar-refractivity contribution is 5.95. The third-order valence-electron chi connectivity index (χ3n) is 2.57. The molecule has 0 aliphatic carbocycles. The maximum Gasteiger partial charge on any atom is 0.251 e. The number of amides is 1. The standard InChI is InChI=1S/C13H19NO3/c1-3-4-11(16)8-14-13(17)12-6-5-10(15)7-9(12)2/h5-7,11,15-16H,3-4,8H2,1-2H3,(H,14,17). The van der Waals surface area contributed by atoms with Crippen molar-refractivity contribution in [3.05, 3.63) is 29.3 Å². The number of carbonyl (C=O) groups excluding carboxylic acids is 1. The van der Waals surface area contributed by atoms with Crippen LogP contribution in [-0.2, 0) is 0 Å². The maximum absolute atomic E-state index is 11.8. The summed E-state index contributed by atoms with van der Waals surface area (Å²) in [6.07, 6.45) is 1.06. The van der Waals surface area contributed by atoms with E-state index in [0.29, 0.717) is 17.5 Å². The van der Waals surface area contributed by atoms with Crippen molar-refractivity contribution in [1.82, 2.24) is 5.32 Å². The lowest BCUT2D eigenvalue weighted by atomic mass is 10.1. The summed E-state index contributed by atoms with van der Waals surface area (Å²) in [4.78, 5) is 11.8. The second kappa shape index (κ2) is 6.25. The van der Waals surface area contributed by atoms with E-state index in [4.69, 9.17) is 0 Å². The van der Waals surface area contributed by atoms with Gasteiger partial charge < -0.3 is 15.5 Å². The van der Waals surface area contributed by atoms with Crippen molar-refractivity contribution in [2.75, 3.05) is 6.54 Å². The number of aromatic hydroxyl groups is 1. The van der Waals surface area contributed by atoms with Crippen LogP contribution in [0.5, 0.6) is 5.75 Å². The fourth-order valence-corrected chi connectivity index (χ4v) is 1.64. The molecule has 1 rings (SSSR count). The van der Waals surface area contributed by atoms with E-state index in [-0.39, 0.29) is 18.2 Å². The van der Waals surface area contributed by atoms with Crippen molar-refractivity contribution in [1.29, 1.82) is 0 Å². The quantitative estimate of drug-likeness (QED) is 0.728. The molecule has 1 unspecified atom stereocenters. The van der Waals surface area contributed by atoms with E-state index in [0.717, 1.165) is 6.42 Å². The predicted molar refractivity (Wildman–Crippen MR) is 66.1 cm³/mol. The van der Waals surface area contributed by atoms with Gasteiger partial charge in [-0.1, -0.05) is 13.3 Å². The normalized spacial score (nSPS) is 12.2. The van der Waals surface area contributed by atoms with Crippen LogP contribution in [-0.4, -0.2) is 28.8 Å². The number of nitrogens with one attached hydrogen (secondary N) is 1. The highest BCUT2D eigenvalue weighted by Gasteiger charge is 2.10. The summed E-state index contributed by atoms with van der Waals surface area (Å²) in [6, 6.07) is 4.59. The number of carbonyl (C=O) groups is 1. The number of phenolic OH excluding ortho intramolecular Hbond substituents is 1. The van der Waals surface area contributed by atoms with E-state index in [2.05, 4.69) is 5.32 Å². The lowest BCUT2D eigenvalue weighted by molar-refractivity contribution is 0.0909. The third kappa shape index (κ3) is 4.07. The minimum atomic E-state index is -0.499. The summed E-state index contributed by atoms with van der Waals surface area (Å²) in [5, 5.41) is 21.4. The van der Waals surface area contributed by atoms with Crippen LogP contribution in [0.15, 0.2) is 18.2 Å². The Morgan fingerprint density at radius 1 is 1.47 bits per heavy atom. The molecule has 0 saturated heterocycles. The van der Waals surface area contributed by atoms with Gasteiger partial charge in [-0.15, -0.1) is 0 Å². The molecule has 17 heavy (non-hydrogen) atoms. The van der Waals surface area contributed by atoms with Crippen LogP contribution < -0.4 is 5.32 Å². The van der Waals surface area contributed by atoms with Crippen molar-refractivity contribution in [3.8, 4) is 5.75 Å². The molecule has 0 aromatic heterocycles.